The van der Waals surface area contributed by atoms with Gasteiger partial charge in [-0.2, -0.15) is 0 Å². The Morgan fingerprint density at radius 2 is 1.25 bits per heavy atom. The number of amides is 4. The number of aliphatic carboxylic acids is 2. The molecule has 4 aromatic carbocycles. The molecular formula is C76H99ClN8O30S. The molecule has 5 aliphatic heterocycles. The van der Waals surface area contributed by atoms with Gasteiger partial charge in [0.2, 0.25) is 6.29 Å². The third-order valence-corrected chi connectivity index (χ3v) is 21.2. The zero-order chi connectivity index (χ0) is 85.3. The Morgan fingerprint density at radius 3 is 1.88 bits per heavy atom. The van der Waals surface area contributed by atoms with Gasteiger partial charge in [0.15, 0.2) is 35.7 Å². The fourth-order valence-electron chi connectivity index (χ4n) is 13.8. The average molecular weight is 1670 g/mol. The van der Waals surface area contributed by atoms with Crippen molar-refractivity contribution in [3.63, 3.8) is 0 Å². The molecule has 0 spiro atoms. The highest BCUT2D eigenvalue weighted by Gasteiger charge is 2.52. The van der Waals surface area contributed by atoms with Gasteiger partial charge in [-0.05, 0) is 78.0 Å². The topological polar surface area (TPSA) is 554 Å². The van der Waals surface area contributed by atoms with Crippen LogP contribution in [0.1, 0.15) is 100 Å². The Balaban J connectivity index is 0.838. The number of nitrogens with two attached hydrogens (primary N) is 2. The fourth-order valence-corrected chi connectivity index (χ4v) is 14.8. The number of rotatable bonds is 34. The van der Waals surface area contributed by atoms with Crippen LogP contribution in [0.15, 0.2) is 95.9 Å². The maximum Gasteiger partial charge on any atom is 0.501 e. The normalized spacial score (nSPS) is 26.3. The molecular weight excluding hydrogens is 1570 g/mol. The number of carboxylic acids is 2. The second-order valence-corrected chi connectivity index (χ2v) is 33.8. The van der Waals surface area contributed by atoms with E-state index in [-0.39, 0.29) is 98.3 Å². The molecule has 0 aliphatic carbocycles. The molecule has 40 heteroatoms. The summed E-state index contributed by atoms with van der Waals surface area (Å²) in [5.74, 6) is -1.19. The summed E-state index contributed by atoms with van der Waals surface area (Å²) < 4.78 is 86.3. The lowest BCUT2D eigenvalue weighted by atomic mass is 9.89. The number of carbonyl (C=O) groups excluding carboxylic acids is 4. The summed E-state index contributed by atoms with van der Waals surface area (Å²) in [6, 6.07) is 15.5. The number of aromatic nitrogens is 1. The number of benzene rings is 4. The largest absolute Gasteiger partial charge is 0.501 e. The first-order chi connectivity index (χ1) is 54.2. The molecule has 4 amide bonds. The van der Waals surface area contributed by atoms with Crippen molar-refractivity contribution in [2.24, 2.45) is 38.4 Å². The maximum atomic E-state index is 15.0. The van der Waals surface area contributed by atoms with Crippen molar-refractivity contribution in [1.29, 1.82) is 0 Å². The Labute approximate surface area is 671 Å². The van der Waals surface area contributed by atoms with E-state index < -0.39 is 178 Å². The number of aromatic amines is 1. The van der Waals surface area contributed by atoms with Crippen molar-refractivity contribution < 1.29 is 144 Å². The monoisotopic (exact) mass is 1670 g/mol. The number of oxime groups is 1. The number of carbonyl (C=O) groups is 6. The first-order valence-electron chi connectivity index (χ1n) is 36.6. The molecule has 0 saturated carbocycles. The summed E-state index contributed by atoms with van der Waals surface area (Å²) in [5.41, 5.74) is 5.90. The van der Waals surface area contributed by atoms with Crippen LogP contribution in [0.5, 0.6) is 23.0 Å². The molecule has 116 heavy (non-hydrogen) atoms. The van der Waals surface area contributed by atoms with Crippen molar-refractivity contribution in [2.45, 2.75) is 160 Å². The number of ether oxygens (including phenoxy) is 8. The highest BCUT2D eigenvalue weighted by Crippen LogP contribution is 2.48. The molecule has 10 rings (SSSR count). The smallest absolute Gasteiger partial charge is 0.497 e. The van der Waals surface area contributed by atoms with Gasteiger partial charge >= 0.3 is 22.3 Å². The van der Waals surface area contributed by atoms with E-state index >= 15 is 4.79 Å². The standard InChI is InChI=1S/C76H99ClN8O30S/c1-36(81-113-72-63(96)56(89)55(88)50(110-72)28-108-70-61(94)57(90)59(92)64(111-70)68(99)100)37-12-16-44-39(20-37)21-45(80-44)67(98)84-26-40(25-77)54-43-23-41(105-11)14-15-42(43)48(24-46(54)84)114-116(103,104)115-49-22-38(13-17-47(49)109-71-62(95)58(91)60(93)65(112-71)69(101)102)66(97)82(10)29-73(2,3)32-106-33-74(4,5)30-83(79)27-51(78)76(8,9)35-107-34-75(6,7)31-85-52(86)18-19-53(85)87/h12-24,27,40,50,55-65,70-72,80,88-96H,25-26,28-35,78-79H2,1-11H3,(H,99,100)(H,101,102)/b51-27-,81-36+/t40-,50-,55+,56+,57+,58+,59+,60+,61-,62-,63-,64?,65+,70-,71-,72+/m1/s1. The van der Waals surface area contributed by atoms with E-state index in [1.807, 2.05) is 55.4 Å². The number of hydrogen-bond acceptors (Lipinski definition) is 32. The van der Waals surface area contributed by atoms with Crippen LogP contribution in [0.25, 0.3) is 21.7 Å². The van der Waals surface area contributed by atoms with Gasteiger partial charge < -0.3 is 133 Å². The molecule has 16 N–H and O–H groups in total. The minimum absolute atomic E-state index is 0.0266. The average Bonchev–Trinajstić information content (AvgIpc) is 1.56. The van der Waals surface area contributed by atoms with Crippen LogP contribution < -0.4 is 34.3 Å². The molecule has 5 aliphatic rings. The predicted octanol–water partition coefficient (Wildman–Crippen LogP) is 0.854. The number of H-pyrrole nitrogens is 1. The third kappa shape index (κ3) is 20.4. The number of fused-ring (bicyclic) bond motifs is 4. The van der Waals surface area contributed by atoms with Crippen molar-refractivity contribution in [1.82, 2.24) is 19.8 Å². The lowest BCUT2D eigenvalue weighted by Gasteiger charge is -2.41. The van der Waals surface area contributed by atoms with Gasteiger partial charge in [-0.25, -0.2) is 15.4 Å². The number of anilines is 1. The minimum Gasteiger partial charge on any atom is -0.497 e. The van der Waals surface area contributed by atoms with Crippen LogP contribution in [-0.4, -0.2) is 297 Å². The molecule has 16 atom stereocenters. The predicted molar refractivity (Wildman–Crippen MR) is 408 cm³/mol. The van der Waals surface area contributed by atoms with E-state index in [4.69, 9.17) is 74.3 Å². The molecule has 5 aromatic rings. The summed E-state index contributed by atoms with van der Waals surface area (Å²) in [6.45, 7) is 17.1. The number of alkyl halides is 1. The van der Waals surface area contributed by atoms with Crippen LogP contribution in [0.4, 0.5) is 5.69 Å². The molecule has 0 bridgehead atoms. The molecule has 3 saturated heterocycles. The van der Waals surface area contributed by atoms with Gasteiger partial charge in [0.25, 0.3) is 29.9 Å². The number of aliphatic hydroxyl groups is 9. The SMILES string of the molecule is COc1ccc2c(OS(=O)(=O)Oc3cc(C(=O)N(C)CC(C)(C)COCC(C)(C)CN(N)/C=C(\N)C(C)(C)COCC(C)(C)CN4C(=O)C=CC4=O)ccc3O[C@@H]3O[C@H](C(=O)O)[C@@H](O)[C@H](O)[C@H]3O)cc3c(c2c1)[C@H](CCl)CN3C(=O)c1cc2cc(/C(C)=N/O[C@@H]3O[C@H](CO[C@@H]4OC(C(=O)O)[C@@H](O)[C@H](O)[C@H]4O)[C@H](O)[C@H](O)[C@H]3O)ccc2[nH]1. The first-order valence-corrected chi connectivity index (χ1v) is 38.5. The Bertz CT molecular complexity index is 4670. The summed E-state index contributed by atoms with van der Waals surface area (Å²) in [5, 5.41) is 121. The van der Waals surface area contributed by atoms with Gasteiger partial charge in [0.1, 0.15) is 72.5 Å². The summed E-state index contributed by atoms with van der Waals surface area (Å²) in [6.07, 6.45) is -25.5. The minimum atomic E-state index is -5.48. The Kier molecular flexibility index (Phi) is 27.5. The highest BCUT2D eigenvalue weighted by atomic mass is 35.5. The lowest BCUT2D eigenvalue weighted by molar-refractivity contribution is -0.327. The number of nitrogens with one attached hydrogen (secondary N) is 1. The Hall–Kier alpha value is -8.95. The number of imide groups is 1. The third-order valence-electron chi connectivity index (χ3n) is 20.1. The quantitative estimate of drug-likeness (QED) is 0.00892. The van der Waals surface area contributed by atoms with Crippen molar-refractivity contribution >= 4 is 90.6 Å². The van der Waals surface area contributed by atoms with E-state index in [0.29, 0.717) is 38.9 Å². The lowest BCUT2D eigenvalue weighted by Crippen LogP contribution is -2.62. The molecule has 3 fully saturated rings. The van der Waals surface area contributed by atoms with Gasteiger partial charge in [0, 0.05) is 119 Å². The second kappa shape index (κ2) is 35.7. The van der Waals surface area contributed by atoms with Crippen LogP contribution in [0, 0.1) is 21.7 Å². The zero-order valence-electron chi connectivity index (χ0n) is 65.2. The number of carboxylic acid groups (broad SMARTS) is 2. The molecule has 6 heterocycles. The van der Waals surface area contributed by atoms with E-state index in [1.165, 1.54) is 83.3 Å². The number of hydrazine groups is 1. The highest BCUT2D eigenvalue weighted by molar-refractivity contribution is 7.82. The summed E-state index contributed by atoms with van der Waals surface area (Å²) >= 11 is 6.68. The number of nitrogens with zero attached hydrogens (tertiary/aromatic N) is 5. The van der Waals surface area contributed by atoms with Crippen molar-refractivity contribution in [2.75, 3.05) is 84.2 Å². The van der Waals surface area contributed by atoms with E-state index in [2.05, 4.69) is 10.1 Å². The molecule has 636 valence electrons. The van der Waals surface area contributed by atoms with E-state index in [1.54, 1.807) is 30.5 Å². The maximum absolute atomic E-state index is 15.0. The van der Waals surface area contributed by atoms with Crippen LogP contribution >= 0.6 is 11.6 Å². The zero-order valence-corrected chi connectivity index (χ0v) is 66.8. The van der Waals surface area contributed by atoms with E-state index in [9.17, 15) is 88.6 Å². The molecule has 0 radical (unpaired) electrons. The number of methoxy groups -OCH3 is 1. The summed E-state index contributed by atoms with van der Waals surface area (Å²) in [7, 11) is -2.60. The van der Waals surface area contributed by atoms with Gasteiger partial charge in [0.05, 0.1) is 51.5 Å². The van der Waals surface area contributed by atoms with Gasteiger partial charge in [-0.3, -0.25) is 24.1 Å². The van der Waals surface area contributed by atoms with Crippen LogP contribution in [0.3, 0.4) is 0 Å². The molecule has 1 aromatic heterocycles. The fraction of sp³-hybridized carbons (Fsp3) is 0.539. The van der Waals surface area contributed by atoms with E-state index in [0.717, 1.165) is 12.1 Å². The Morgan fingerprint density at radius 1 is 0.672 bits per heavy atom. The number of halogens is 1. The van der Waals surface area contributed by atoms with Crippen LogP contribution in [-0.2, 0) is 62.8 Å². The number of hydrogen-bond donors (Lipinski definition) is 14. The van der Waals surface area contributed by atoms with Crippen molar-refractivity contribution in [3.05, 3.63) is 113 Å². The summed E-state index contributed by atoms with van der Waals surface area (Å²) in [4.78, 5) is 90.2. The van der Waals surface area contributed by atoms with Gasteiger partial charge in [-0.15, -0.1) is 20.0 Å². The van der Waals surface area contributed by atoms with Crippen molar-refractivity contribution in [3.8, 4) is 23.0 Å². The molecule has 38 nitrogen and oxygen atoms in total. The van der Waals surface area contributed by atoms with Gasteiger partial charge in [-0.1, -0.05) is 66.6 Å². The van der Waals surface area contributed by atoms with Crippen LogP contribution in [0.2, 0.25) is 0 Å². The molecule has 1 unspecified atom stereocenters. The first kappa shape index (κ1) is 89.4. The second-order valence-electron chi connectivity index (χ2n) is 32.3. The number of aliphatic hydroxyl groups excluding tert-OH is 9.